The second-order valence-electron chi connectivity index (χ2n) is 10.2. The molecule has 1 amide bonds. The van der Waals surface area contributed by atoms with Crippen LogP contribution in [0.15, 0.2) is 24.5 Å². The van der Waals surface area contributed by atoms with Crippen molar-refractivity contribution in [3.8, 4) is 11.5 Å². The number of likely N-dealkylation sites (tertiary alicyclic amines) is 1. The molecule has 0 spiro atoms. The van der Waals surface area contributed by atoms with Crippen LogP contribution in [0.3, 0.4) is 0 Å². The Kier molecular flexibility index (Phi) is 7.13. The third-order valence-corrected chi connectivity index (χ3v) is 7.65. The molecule has 1 aromatic heterocycles. The van der Waals surface area contributed by atoms with Crippen molar-refractivity contribution in [3.05, 3.63) is 41.7 Å². The summed E-state index contributed by atoms with van der Waals surface area (Å²) in [7, 11) is 1.59. The molecule has 1 aromatic carbocycles. The number of hydrogen-bond acceptors (Lipinski definition) is 6. The van der Waals surface area contributed by atoms with Gasteiger partial charge in [0.15, 0.2) is 5.75 Å². The Balaban J connectivity index is 1.04. The van der Waals surface area contributed by atoms with Gasteiger partial charge in [-0.15, -0.1) is 0 Å². The molecular weight excluding hydrogens is 492 g/mol. The van der Waals surface area contributed by atoms with Crippen molar-refractivity contribution in [3.63, 3.8) is 0 Å². The molecule has 0 N–H and O–H groups in total. The topological polar surface area (TPSA) is 67.8 Å². The molecule has 7 nitrogen and oxygen atoms in total. The normalized spacial score (nSPS) is 22.9. The lowest BCUT2D eigenvalue weighted by Crippen LogP contribution is -2.58. The van der Waals surface area contributed by atoms with Crippen LogP contribution in [0.5, 0.6) is 11.5 Å². The minimum atomic E-state index is -2.92. The second-order valence-corrected chi connectivity index (χ2v) is 10.2. The predicted molar refractivity (Wildman–Crippen MR) is 127 cm³/mol. The van der Waals surface area contributed by atoms with Gasteiger partial charge in [-0.3, -0.25) is 4.79 Å². The number of aromatic nitrogens is 2. The molecule has 2 atom stereocenters. The summed E-state index contributed by atoms with van der Waals surface area (Å²) in [6.45, 7) is 0.734. The summed E-state index contributed by atoms with van der Waals surface area (Å²) in [5.74, 6) is -2.24. The lowest BCUT2D eigenvalue weighted by atomic mass is 9.90. The van der Waals surface area contributed by atoms with Gasteiger partial charge in [0, 0.05) is 30.8 Å². The summed E-state index contributed by atoms with van der Waals surface area (Å²) < 4.78 is 65.5. The van der Waals surface area contributed by atoms with Crippen molar-refractivity contribution < 1.29 is 31.8 Å². The molecule has 200 valence electrons. The van der Waals surface area contributed by atoms with Gasteiger partial charge >= 0.3 is 0 Å². The van der Waals surface area contributed by atoms with Gasteiger partial charge < -0.3 is 19.3 Å². The van der Waals surface area contributed by atoms with E-state index in [1.165, 1.54) is 0 Å². The first-order valence-electron chi connectivity index (χ1n) is 12.6. The number of piperidine rings is 1. The van der Waals surface area contributed by atoms with E-state index in [4.69, 9.17) is 9.47 Å². The Morgan fingerprint density at radius 3 is 2.32 bits per heavy atom. The van der Waals surface area contributed by atoms with Gasteiger partial charge in [0.05, 0.1) is 45.6 Å². The number of methoxy groups -OCH3 is 1. The van der Waals surface area contributed by atoms with Crippen molar-refractivity contribution in [1.82, 2.24) is 14.9 Å². The summed E-state index contributed by atoms with van der Waals surface area (Å²) in [5.41, 5.74) is -0.429. The van der Waals surface area contributed by atoms with Crippen LogP contribution in [0.25, 0.3) is 0 Å². The van der Waals surface area contributed by atoms with Crippen LogP contribution in [-0.4, -0.2) is 66.6 Å². The molecule has 2 aliphatic heterocycles. The maximum atomic E-state index is 14.4. The molecule has 1 unspecified atom stereocenters. The highest BCUT2D eigenvalue weighted by atomic mass is 19.3. The molecule has 1 aliphatic carbocycles. The molecule has 2 saturated heterocycles. The summed E-state index contributed by atoms with van der Waals surface area (Å²) in [6, 6.07) is 2.11. The first-order valence-corrected chi connectivity index (χ1v) is 12.6. The number of carbonyl (C=O) groups excluding carboxylic acids is 1. The fourth-order valence-corrected chi connectivity index (χ4v) is 5.40. The highest BCUT2D eigenvalue weighted by molar-refractivity contribution is 5.80. The molecule has 3 aliphatic rings. The monoisotopic (exact) mass is 522 g/mol. The number of benzene rings is 1. The molecule has 3 heterocycles. The third kappa shape index (κ3) is 5.91. The smallest absolute Gasteiger partial charge is 0.282 e. The van der Waals surface area contributed by atoms with Gasteiger partial charge in [-0.25, -0.2) is 27.5 Å². The maximum absolute atomic E-state index is 14.4. The van der Waals surface area contributed by atoms with Crippen LogP contribution in [0, 0.1) is 29.4 Å². The molecule has 3 fully saturated rings. The maximum Gasteiger partial charge on any atom is 0.282 e. The number of alkyl halides is 2. The number of carbonyl (C=O) groups is 1. The molecule has 0 bridgehead atoms. The van der Waals surface area contributed by atoms with E-state index in [9.17, 15) is 22.4 Å². The highest BCUT2D eigenvalue weighted by Crippen LogP contribution is 2.50. The van der Waals surface area contributed by atoms with Gasteiger partial charge in [-0.2, -0.15) is 0 Å². The van der Waals surface area contributed by atoms with E-state index in [-0.39, 0.29) is 5.75 Å². The standard InChI is InChI=1S/C26H30F4N4O3/c1-36-19-12-31-25(32-13-19)33-5-2-16(3-6-33)20-8-17(20)4-7-37-18-9-22(27)21(23(28)10-18)11-24(35)34-14-26(29,30)15-34/h9-10,12-13,16-17,20H,2-8,11,14-15H2,1H3/t17-,20?/m1/s1. The fourth-order valence-electron chi connectivity index (χ4n) is 5.40. The minimum Gasteiger partial charge on any atom is -0.494 e. The number of halogens is 4. The number of rotatable bonds is 9. The number of hydrogen-bond donors (Lipinski definition) is 0. The lowest BCUT2D eigenvalue weighted by molar-refractivity contribution is -0.165. The average Bonchev–Trinajstić information content (AvgIpc) is 3.64. The van der Waals surface area contributed by atoms with E-state index < -0.39 is 48.5 Å². The van der Waals surface area contributed by atoms with Gasteiger partial charge in [-0.05, 0) is 43.4 Å². The van der Waals surface area contributed by atoms with Crippen LogP contribution in [0.4, 0.5) is 23.5 Å². The number of anilines is 1. The zero-order valence-corrected chi connectivity index (χ0v) is 20.6. The van der Waals surface area contributed by atoms with Gasteiger partial charge in [-0.1, -0.05) is 0 Å². The lowest BCUT2D eigenvalue weighted by Gasteiger charge is -2.38. The van der Waals surface area contributed by atoms with Crippen molar-refractivity contribution in [2.75, 3.05) is 44.8 Å². The van der Waals surface area contributed by atoms with Gasteiger partial charge in [0.1, 0.15) is 17.4 Å². The minimum absolute atomic E-state index is 0.0617. The van der Waals surface area contributed by atoms with E-state index in [0.29, 0.717) is 30.1 Å². The first-order chi connectivity index (χ1) is 17.7. The second kappa shape index (κ2) is 10.3. The Morgan fingerprint density at radius 2 is 1.73 bits per heavy atom. The van der Waals surface area contributed by atoms with E-state index in [1.54, 1.807) is 19.5 Å². The summed E-state index contributed by atoms with van der Waals surface area (Å²) in [5, 5.41) is 0. The molecule has 5 rings (SSSR count). The van der Waals surface area contributed by atoms with E-state index in [0.717, 1.165) is 61.8 Å². The third-order valence-electron chi connectivity index (χ3n) is 7.65. The van der Waals surface area contributed by atoms with Crippen LogP contribution in [-0.2, 0) is 11.2 Å². The Labute approximate surface area is 212 Å². The Bertz CT molecular complexity index is 1090. The van der Waals surface area contributed by atoms with Crippen molar-refractivity contribution >= 4 is 11.9 Å². The zero-order chi connectivity index (χ0) is 26.2. The average molecular weight is 523 g/mol. The van der Waals surface area contributed by atoms with Crippen molar-refractivity contribution in [2.45, 2.75) is 38.0 Å². The highest BCUT2D eigenvalue weighted by Gasteiger charge is 2.46. The molecule has 0 radical (unpaired) electrons. The van der Waals surface area contributed by atoms with E-state index in [1.807, 2.05) is 0 Å². The SMILES string of the molecule is COc1cnc(N2CCC(C3C[C@H]3CCOc3cc(F)c(CC(=O)N4CC(F)(F)C4)c(F)c3)CC2)nc1. The quantitative estimate of drug-likeness (QED) is 0.462. The molecule has 1 saturated carbocycles. The summed E-state index contributed by atoms with van der Waals surface area (Å²) in [6.07, 6.45) is 6.83. The Morgan fingerprint density at radius 1 is 1.08 bits per heavy atom. The number of amides is 1. The summed E-state index contributed by atoms with van der Waals surface area (Å²) in [4.78, 5) is 23.8. The largest absolute Gasteiger partial charge is 0.494 e. The van der Waals surface area contributed by atoms with E-state index >= 15 is 0 Å². The number of ether oxygens (including phenoxy) is 2. The van der Waals surface area contributed by atoms with Crippen LogP contribution < -0.4 is 14.4 Å². The molecule has 2 aromatic rings. The first kappa shape index (κ1) is 25.5. The van der Waals surface area contributed by atoms with Crippen molar-refractivity contribution in [1.29, 1.82) is 0 Å². The Hall–Kier alpha value is -3.11. The fraction of sp³-hybridized carbons (Fsp3) is 0.577. The summed E-state index contributed by atoms with van der Waals surface area (Å²) >= 11 is 0. The predicted octanol–water partition coefficient (Wildman–Crippen LogP) is 4.11. The van der Waals surface area contributed by atoms with Gasteiger partial charge in [0.25, 0.3) is 5.92 Å². The van der Waals surface area contributed by atoms with Crippen LogP contribution in [0.1, 0.15) is 31.2 Å². The van der Waals surface area contributed by atoms with Crippen LogP contribution in [0.2, 0.25) is 0 Å². The zero-order valence-electron chi connectivity index (χ0n) is 20.6. The molecular formula is C26H30F4N4O3. The molecule has 11 heteroatoms. The van der Waals surface area contributed by atoms with Crippen molar-refractivity contribution in [2.24, 2.45) is 17.8 Å². The van der Waals surface area contributed by atoms with E-state index in [2.05, 4.69) is 14.9 Å². The van der Waals surface area contributed by atoms with Gasteiger partial charge in [0.2, 0.25) is 11.9 Å². The van der Waals surface area contributed by atoms with Crippen LogP contribution >= 0.6 is 0 Å². The molecule has 37 heavy (non-hydrogen) atoms. The number of nitrogens with zero attached hydrogens (tertiary/aromatic N) is 4.